The van der Waals surface area contributed by atoms with Gasteiger partial charge in [-0.25, -0.2) is 4.98 Å². The van der Waals surface area contributed by atoms with Crippen molar-refractivity contribution < 1.29 is 4.79 Å². The molecule has 0 aliphatic carbocycles. The molecule has 32 heavy (non-hydrogen) atoms. The maximum atomic E-state index is 13.0. The molecule has 1 aromatic carbocycles. The summed E-state index contributed by atoms with van der Waals surface area (Å²) in [5.74, 6) is 1.75. The third kappa shape index (κ3) is 4.29. The van der Waals surface area contributed by atoms with Gasteiger partial charge in [0, 0.05) is 42.8 Å². The number of piperidine rings is 2. The van der Waals surface area contributed by atoms with Crippen molar-refractivity contribution in [2.24, 2.45) is 5.73 Å². The SMILES string of the molecule is Cc1cc(C[C@@H](N)C(=O)N2CCC(N3CCC(c4ncc[nH]4)CC3)CC2)cc2cn[nH]c12. The van der Waals surface area contributed by atoms with Gasteiger partial charge in [-0.3, -0.25) is 9.89 Å². The number of imidazole rings is 1. The van der Waals surface area contributed by atoms with Crippen molar-refractivity contribution >= 4 is 16.8 Å². The van der Waals surface area contributed by atoms with E-state index in [0.717, 1.165) is 79.7 Å². The third-order valence-electron chi connectivity index (χ3n) is 7.31. The summed E-state index contributed by atoms with van der Waals surface area (Å²) in [5, 5.41) is 8.20. The van der Waals surface area contributed by atoms with Crippen LogP contribution < -0.4 is 5.73 Å². The number of carbonyl (C=O) groups excluding carboxylic acids is 1. The van der Waals surface area contributed by atoms with Crippen LogP contribution in [0.1, 0.15) is 48.6 Å². The molecule has 3 aromatic rings. The Morgan fingerprint density at radius 3 is 2.69 bits per heavy atom. The molecule has 1 amide bonds. The molecule has 0 bridgehead atoms. The number of carbonyl (C=O) groups is 1. The second-order valence-electron chi connectivity index (χ2n) is 9.40. The van der Waals surface area contributed by atoms with E-state index in [4.69, 9.17) is 5.73 Å². The zero-order valence-corrected chi connectivity index (χ0v) is 18.8. The van der Waals surface area contributed by atoms with Gasteiger partial charge in [0.15, 0.2) is 0 Å². The minimum Gasteiger partial charge on any atom is -0.348 e. The predicted molar refractivity (Wildman–Crippen MR) is 124 cm³/mol. The highest BCUT2D eigenvalue weighted by Gasteiger charge is 2.31. The normalized spacial score (nSPS) is 20.1. The Hall–Kier alpha value is -2.71. The number of nitrogens with two attached hydrogens (primary N) is 1. The number of fused-ring (bicyclic) bond motifs is 1. The maximum Gasteiger partial charge on any atom is 0.239 e. The van der Waals surface area contributed by atoms with Crippen molar-refractivity contribution in [2.45, 2.75) is 57.0 Å². The minimum atomic E-state index is -0.501. The van der Waals surface area contributed by atoms with Crippen LogP contribution in [-0.4, -0.2) is 74.1 Å². The number of nitrogens with zero attached hydrogens (tertiary/aromatic N) is 4. The highest BCUT2D eigenvalue weighted by Crippen LogP contribution is 2.29. The lowest BCUT2D eigenvalue weighted by Gasteiger charge is -2.42. The number of likely N-dealkylation sites (tertiary alicyclic amines) is 2. The first-order valence-corrected chi connectivity index (χ1v) is 11.8. The van der Waals surface area contributed by atoms with E-state index in [1.165, 1.54) is 0 Å². The number of hydrogen-bond acceptors (Lipinski definition) is 5. The molecule has 4 N–H and O–H groups in total. The second-order valence-corrected chi connectivity index (χ2v) is 9.40. The van der Waals surface area contributed by atoms with Crippen molar-refractivity contribution in [3.8, 4) is 0 Å². The average Bonchev–Trinajstić information content (AvgIpc) is 3.51. The van der Waals surface area contributed by atoms with Crippen LogP contribution in [-0.2, 0) is 11.2 Å². The highest BCUT2D eigenvalue weighted by molar-refractivity contribution is 5.84. The minimum absolute atomic E-state index is 0.0740. The monoisotopic (exact) mass is 435 g/mol. The summed E-state index contributed by atoms with van der Waals surface area (Å²) < 4.78 is 0. The Kier molecular flexibility index (Phi) is 5.97. The lowest BCUT2D eigenvalue weighted by Crippen LogP contribution is -2.52. The van der Waals surface area contributed by atoms with E-state index in [9.17, 15) is 4.79 Å². The van der Waals surface area contributed by atoms with E-state index in [2.05, 4.69) is 44.1 Å². The fraction of sp³-hybridized carbons (Fsp3) is 0.542. The third-order valence-corrected chi connectivity index (χ3v) is 7.31. The summed E-state index contributed by atoms with van der Waals surface area (Å²) in [6.07, 6.45) is 10.5. The van der Waals surface area contributed by atoms with Gasteiger partial charge in [-0.2, -0.15) is 5.10 Å². The van der Waals surface area contributed by atoms with Crippen molar-refractivity contribution in [1.29, 1.82) is 0 Å². The van der Waals surface area contributed by atoms with Crippen LogP contribution in [0.5, 0.6) is 0 Å². The molecule has 2 aliphatic rings. The number of aromatic nitrogens is 4. The zero-order valence-electron chi connectivity index (χ0n) is 18.8. The molecule has 5 rings (SSSR count). The number of amides is 1. The predicted octanol–water partition coefficient (Wildman–Crippen LogP) is 2.33. The zero-order chi connectivity index (χ0) is 22.1. The molecule has 4 heterocycles. The fourth-order valence-corrected chi connectivity index (χ4v) is 5.50. The van der Waals surface area contributed by atoms with Crippen LogP contribution in [0, 0.1) is 6.92 Å². The van der Waals surface area contributed by atoms with Crippen molar-refractivity contribution in [3.05, 3.63) is 47.7 Å². The molecule has 2 saturated heterocycles. The van der Waals surface area contributed by atoms with Crippen LogP contribution in [0.25, 0.3) is 10.9 Å². The molecule has 2 aliphatic heterocycles. The fourth-order valence-electron chi connectivity index (χ4n) is 5.50. The van der Waals surface area contributed by atoms with Crippen LogP contribution >= 0.6 is 0 Å². The number of hydrogen-bond donors (Lipinski definition) is 3. The topological polar surface area (TPSA) is 107 Å². The summed E-state index contributed by atoms with van der Waals surface area (Å²) in [6, 6.07) is 4.25. The Morgan fingerprint density at radius 1 is 1.19 bits per heavy atom. The number of rotatable bonds is 5. The van der Waals surface area contributed by atoms with Crippen molar-refractivity contribution in [1.82, 2.24) is 30.0 Å². The molecule has 0 spiro atoms. The highest BCUT2D eigenvalue weighted by atomic mass is 16.2. The first-order chi connectivity index (χ1) is 15.6. The Bertz CT molecular complexity index is 1040. The Morgan fingerprint density at radius 2 is 1.97 bits per heavy atom. The van der Waals surface area contributed by atoms with Crippen LogP contribution in [0.15, 0.2) is 30.7 Å². The number of H-pyrrole nitrogens is 2. The van der Waals surface area contributed by atoms with Gasteiger partial charge < -0.3 is 20.5 Å². The van der Waals surface area contributed by atoms with Gasteiger partial charge in [-0.05, 0) is 69.3 Å². The molecule has 2 fully saturated rings. The van der Waals surface area contributed by atoms with Gasteiger partial charge in [-0.15, -0.1) is 0 Å². The molecule has 170 valence electrons. The van der Waals surface area contributed by atoms with Gasteiger partial charge >= 0.3 is 0 Å². The molecular weight excluding hydrogens is 402 g/mol. The van der Waals surface area contributed by atoms with E-state index >= 15 is 0 Å². The summed E-state index contributed by atoms with van der Waals surface area (Å²) in [6.45, 7) is 5.88. The van der Waals surface area contributed by atoms with Gasteiger partial charge in [0.1, 0.15) is 5.82 Å². The molecule has 0 unspecified atom stereocenters. The summed E-state index contributed by atoms with van der Waals surface area (Å²) in [7, 11) is 0. The van der Waals surface area contributed by atoms with E-state index in [1.807, 2.05) is 23.5 Å². The van der Waals surface area contributed by atoms with Crippen LogP contribution in [0.4, 0.5) is 0 Å². The first kappa shape index (κ1) is 21.2. The van der Waals surface area contributed by atoms with Crippen molar-refractivity contribution in [2.75, 3.05) is 26.2 Å². The van der Waals surface area contributed by atoms with E-state index < -0.39 is 6.04 Å². The Labute approximate surface area is 188 Å². The van der Waals surface area contributed by atoms with E-state index in [-0.39, 0.29) is 5.91 Å². The smallest absolute Gasteiger partial charge is 0.239 e. The standard InChI is InChI=1S/C24H33N7O/c1-16-12-17(13-19-15-28-29-22(16)19)14-21(25)24(32)31-10-4-20(5-11-31)30-8-2-18(3-9-30)23-26-6-7-27-23/h6-7,12-13,15,18,20-21H,2-5,8-11,14,25H2,1H3,(H,26,27)(H,28,29)/t21-/m1/s1. The molecule has 8 nitrogen and oxygen atoms in total. The average molecular weight is 436 g/mol. The quantitative estimate of drug-likeness (QED) is 0.570. The van der Waals surface area contributed by atoms with Crippen LogP contribution in [0.3, 0.4) is 0 Å². The molecule has 2 aromatic heterocycles. The maximum absolute atomic E-state index is 13.0. The number of benzene rings is 1. The van der Waals surface area contributed by atoms with E-state index in [0.29, 0.717) is 18.4 Å². The van der Waals surface area contributed by atoms with Gasteiger partial charge in [-0.1, -0.05) is 6.07 Å². The largest absolute Gasteiger partial charge is 0.348 e. The number of aryl methyl sites for hydroxylation is 1. The summed E-state index contributed by atoms with van der Waals surface area (Å²) in [5.41, 5.74) is 9.62. The van der Waals surface area contributed by atoms with E-state index in [1.54, 1.807) is 0 Å². The lowest BCUT2D eigenvalue weighted by atomic mass is 9.92. The number of nitrogens with one attached hydrogen (secondary N) is 2. The molecule has 8 heteroatoms. The van der Waals surface area contributed by atoms with Crippen LogP contribution in [0.2, 0.25) is 0 Å². The molecular formula is C24H33N7O. The van der Waals surface area contributed by atoms with Crippen molar-refractivity contribution in [3.63, 3.8) is 0 Å². The molecule has 1 atom stereocenters. The van der Waals surface area contributed by atoms with Gasteiger partial charge in [0.05, 0.1) is 17.8 Å². The molecule has 0 radical (unpaired) electrons. The van der Waals surface area contributed by atoms with Gasteiger partial charge in [0.25, 0.3) is 0 Å². The van der Waals surface area contributed by atoms with Gasteiger partial charge in [0.2, 0.25) is 5.91 Å². The number of aromatic amines is 2. The summed E-state index contributed by atoms with van der Waals surface area (Å²) in [4.78, 5) is 25.3. The Balaban J connectivity index is 1.11. The lowest BCUT2D eigenvalue weighted by molar-refractivity contribution is -0.134. The first-order valence-electron chi connectivity index (χ1n) is 11.8. The summed E-state index contributed by atoms with van der Waals surface area (Å²) >= 11 is 0. The second kappa shape index (κ2) is 9.03. The molecule has 0 saturated carbocycles.